The van der Waals surface area contributed by atoms with Gasteiger partial charge in [0.15, 0.2) is 5.65 Å². The lowest BCUT2D eigenvalue weighted by Gasteiger charge is -2.32. The fourth-order valence-corrected chi connectivity index (χ4v) is 5.06. The highest BCUT2D eigenvalue weighted by Crippen LogP contribution is 2.28. The second-order valence-corrected chi connectivity index (χ2v) is 9.00. The number of ether oxygens (including phenoxy) is 2. The van der Waals surface area contributed by atoms with E-state index in [1.807, 2.05) is 6.07 Å². The van der Waals surface area contributed by atoms with E-state index in [0.717, 1.165) is 57.8 Å². The Bertz CT molecular complexity index is 1080. The molecule has 0 atom stereocenters. The third kappa shape index (κ3) is 4.24. The molecule has 0 saturated carbocycles. The number of H-pyrrole nitrogens is 1. The summed E-state index contributed by atoms with van der Waals surface area (Å²) in [5, 5.41) is 3.33. The van der Waals surface area contributed by atoms with Gasteiger partial charge in [-0.2, -0.15) is 0 Å². The van der Waals surface area contributed by atoms with Gasteiger partial charge in [-0.25, -0.2) is 9.50 Å². The maximum Gasteiger partial charge on any atom is 0.276 e. The highest BCUT2D eigenvalue weighted by Gasteiger charge is 2.27. The van der Waals surface area contributed by atoms with E-state index >= 15 is 0 Å². The van der Waals surface area contributed by atoms with E-state index in [0.29, 0.717) is 42.3 Å². The number of aromatic amines is 1. The third-order valence-electron chi connectivity index (χ3n) is 6.84. The first-order valence-electron chi connectivity index (χ1n) is 11.5. The van der Waals surface area contributed by atoms with Gasteiger partial charge in [-0.05, 0) is 44.3 Å². The molecule has 1 N–H and O–H groups in total. The lowest BCUT2D eigenvalue weighted by atomic mass is 9.93. The van der Waals surface area contributed by atoms with Crippen molar-refractivity contribution in [2.45, 2.75) is 38.1 Å². The second kappa shape index (κ2) is 9.17. The minimum atomic E-state index is -0.0720. The Morgan fingerprint density at radius 1 is 1.31 bits per heavy atom. The van der Waals surface area contributed by atoms with Crippen LogP contribution in [0.1, 0.15) is 42.1 Å². The molecule has 0 unspecified atom stereocenters. The van der Waals surface area contributed by atoms with E-state index in [9.17, 15) is 9.59 Å². The summed E-state index contributed by atoms with van der Waals surface area (Å²) in [7, 11) is 1.51. The zero-order valence-electron chi connectivity index (χ0n) is 18.6. The van der Waals surface area contributed by atoms with Gasteiger partial charge in [-0.1, -0.05) is 6.08 Å². The van der Waals surface area contributed by atoms with Gasteiger partial charge in [-0.15, -0.1) is 0 Å². The van der Waals surface area contributed by atoms with Crippen molar-refractivity contribution in [2.75, 3.05) is 53.1 Å². The molecule has 0 spiro atoms. The summed E-state index contributed by atoms with van der Waals surface area (Å²) in [6.07, 6.45) is 5.96. The molecular weight excluding hydrogens is 410 g/mol. The minimum absolute atomic E-state index is 0.0447. The predicted octanol–water partition coefficient (Wildman–Crippen LogP) is 1.08. The van der Waals surface area contributed by atoms with Crippen molar-refractivity contribution in [3.05, 3.63) is 45.0 Å². The SMILES string of the molecule is COCC(=O)N1CCc2c(nc3cc(C4CCN(CC5=CCCOC5)CC4)[nH]n3c2=O)C1. The fourth-order valence-electron chi connectivity index (χ4n) is 5.06. The standard InChI is InChI=1S/C23H31N5O4/c1-31-15-22(29)27-9-6-18-20(13-27)24-21-11-19(25-28(21)23(18)30)17-4-7-26(8-5-17)12-16-3-2-10-32-14-16/h3,11,17,25H,2,4-10,12-15H2,1H3. The average Bonchev–Trinajstić information content (AvgIpc) is 3.24. The average molecular weight is 442 g/mol. The Labute approximate surface area is 187 Å². The van der Waals surface area contributed by atoms with E-state index in [-0.39, 0.29) is 18.1 Å². The van der Waals surface area contributed by atoms with E-state index in [1.165, 1.54) is 12.7 Å². The van der Waals surface area contributed by atoms with Crippen molar-refractivity contribution < 1.29 is 14.3 Å². The second-order valence-electron chi connectivity index (χ2n) is 9.00. The van der Waals surface area contributed by atoms with E-state index in [1.54, 1.807) is 9.42 Å². The van der Waals surface area contributed by atoms with E-state index < -0.39 is 0 Å². The topological polar surface area (TPSA) is 92.2 Å². The molecular formula is C23H31N5O4. The Kier molecular flexibility index (Phi) is 6.12. The number of amides is 1. The molecule has 32 heavy (non-hydrogen) atoms. The zero-order valence-corrected chi connectivity index (χ0v) is 18.6. The van der Waals surface area contributed by atoms with Crippen molar-refractivity contribution in [3.63, 3.8) is 0 Å². The number of nitrogens with zero attached hydrogens (tertiary/aromatic N) is 4. The van der Waals surface area contributed by atoms with Crippen LogP contribution in [-0.2, 0) is 27.2 Å². The van der Waals surface area contributed by atoms with Crippen LogP contribution < -0.4 is 5.56 Å². The molecule has 0 aromatic carbocycles. The Balaban J connectivity index is 1.29. The highest BCUT2D eigenvalue weighted by molar-refractivity contribution is 5.77. The molecule has 0 radical (unpaired) electrons. The minimum Gasteiger partial charge on any atom is -0.377 e. The molecule has 2 aromatic heterocycles. The van der Waals surface area contributed by atoms with Crippen LogP contribution in [0.3, 0.4) is 0 Å². The zero-order chi connectivity index (χ0) is 22.1. The number of aromatic nitrogens is 3. The first-order chi connectivity index (χ1) is 15.6. The maximum absolute atomic E-state index is 13.1. The van der Waals surface area contributed by atoms with Crippen LogP contribution in [0.15, 0.2) is 22.5 Å². The van der Waals surface area contributed by atoms with E-state index in [4.69, 9.17) is 14.5 Å². The lowest BCUT2D eigenvalue weighted by Crippen LogP contribution is -2.41. The van der Waals surface area contributed by atoms with Crippen LogP contribution >= 0.6 is 0 Å². The molecule has 1 saturated heterocycles. The first kappa shape index (κ1) is 21.4. The Hall–Kier alpha value is -2.49. The molecule has 9 heteroatoms. The molecule has 172 valence electrons. The molecule has 9 nitrogen and oxygen atoms in total. The molecule has 1 fully saturated rings. The number of hydrogen-bond donors (Lipinski definition) is 1. The maximum atomic E-state index is 13.1. The van der Waals surface area contributed by atoms with Crippen molar-refractivity contribution in [2.24, 2.45) is 0 Å². The highest BCUT2D eigenvalue weighted by atomic mass is 16.5. The van der Waals surface area contributed by atoms with Gasteiger partial charge in [0.25, 0.3) is 5.56 Å². The van der Waals surface area contributed by atoms with Crippen LogP contribution in [0.2, 0.25) is 0 Å². The van der Waals surface area contributed by atoms with Gasteiger partial charge < -0.3 is 14.4 Å². The van der Waals surface area contributed by atoms with Crippen LogP contribution in [0, 0.1) is 0 Å². The molecule has 2 aromatic rings. The number of hydrogen-bond acceptors (Lipinski definition) is 6. The number of fused-ring (bicyclic) bond motifs is 2. The number of methoxy groups -OCH3 is 1. The number of piperidine rings is 1. The predicted molar refractivity (Wildman–Crippen MR) is 119 cm³/mol. The van der Waals surface area contributed by atoms with Gasteiger partial charge in [0, 0.05) is 43.4 Å². The largest absolute Gasteiger partial charge is 0.377 e. The summed E-state index contributed by atoms with van der Waals surface area (Å²) in [6, 6.07) is 2.01. The van der Waals surface area contributed by atoms with Crippen LogP contribution in [-0.4, -0.2) is 83.4 Å². The van der Waals surface area contributed by atoms with Crippen molar-refractivity contribution >= 4 is 11.6 Å². The van der Waals surface area contributed by atoms with Crippen LogP contribution in [0.25, 0.3) is 5.65 Å². The molecule has 0 bridgehead atoms. The molecule has 5 heterocycles. The van der Waals surface area contributed by atoms with Gasteiger partial charge >= 0.3 is 0 Å². The first-order valence-corrected chi connectivity index (χ1v) is 11.5. The Morgan fingerprint density at radius 2 is 2.16 bits per heavy atom. The van der Waals surface area contributed by atoms with Crippen LogP contribution in [0.5, 0.6) is 0 Å². The molecule has 1 amide bonds. The number of rotatable bonds is 5. The number of nitrogens with one attached hydrogen (secondary N) is 1. The van der Waals surface area contributed by atoms with Crippen molar-refractivity contribution in [1.29, 1.82) is 0 Å². The summed E-state index contributed by atoms with van der Waals surface area (Å²) in [4.78, 5) is 34.2. The Morgan fingerprint density at radius 3 is 2.91 bits per heavy atom. The number of carbonyl (C=O) groups is 1. The van der Waals surface area contributed by atoms with Gasteiger partial charge in [0.1, 0.15) is 6.61 Å². The summed E-state index contributed by atoms with van der Waals surface area (Å²) in [5.41, 5.74) is 4.46. The third-order valence-corrected chi connectivity index (χ3v) is 6.84. The summed E-state index contributed by atoms with van der Waals surface area (Å²) < 4.78 is 12.1. The smallest absolute Gasteiger partial charge is 0.276 e. The summed E-state index contributed by atoms with van der Waals surface area (Å²) >= 11 is 0. The van der Waals surface area contributed by atoms with Crippen molar-refractivity contribution in [3.8, 4) is 0 Å². The molecule has 5 rings (SSSR count). The van der Waals surface area contributed by atoms with Crippen molar-refractivity contribution in [1.82, 2.24) is 24.4 Å². The molecule has 3 aliphatic rings. The van der Waals surface area contributed by atoms with Gasteiger partial charge in [0.05, 0.1) is 25.5 Å². The number of carbonyl (C=O) groups excluding carboxylic acids is 1. The van der Waals surface area contributed by atoms with E-state index in [2.05, 4.69) is 16.1 Å². The quantitative estimate of drug-likeness (QED) is 0.698. The summed E-state index contributed by atoms with van der Waals surface area (Å²) in [5.74, 6) is 0.318. The van der Waals surface area contributed by atoms with Gasteiger partial charge in [0.2, 0.25) is 5.91 Å². The normalized spacial score (nSPS) is 20.4. The molecule has 0 aliphatic carbocycles. The van der Waals surface area contributed by atoms with Crippen LogP contribution in [0.4, 0.5) is 0 Å². The molecule has 3 aliphatic heterocycles. The number of likely N-dealkylation sites (tertiary alicyclic amines) is 1. The lowest BCUT2D eigenvalue weighted by molar-refractivity contribution is -0.136. The fraction of sp³-hybridized carbons (Fsp3) is 0.609. The monoisotopic (exact) mass is 441 g/mol. The van der Waals surface area contributed by atoms with Gasteiger partial charge in [-0.3, -0.25) is 19.6 Å². The summed E-state index contributed by atoms with van der Waals surface area (Å²) in [6.45, 7) is 5.59.